The van der Waals surface area contributed by atoms with Crippen molar-refractivity contribution in [2.45, 2.75) is 19.6 Å². The van der Waals surface area contributed by atoms with Gasteiger partial charge in [-0.2, -0.15) is 0 Å². The number of rotatable bonds is 6. The molecule has 7 nitrogen and oxygen atoms in total. The predicted octanol–water partition coefficient (Wildman–Crippen LogP) is 3.72. The molecule has 0 aliphatic carbocycles. The lowest BCUT2D eigenvalue weighted by Crippen LogP contribution is -2.26. The van der Waals surface area contributed by atoms with E-state index in [4.69, 9.17) is 9.47 Å². The molecule has 2 heterocycles. The Hall–Kier alpha value is -3.87. The van der Waals surface area contributed by atoms with Crippen molar-refractivity contribution in [3.05, 3.63) is 72.1 Å². The van der Waals surface area contributed by atoms with Gasteiger partial charge in [0.1, 0.15) is 6.54 Å². The van der Waals surface area contributed by atoms with Gasteiger partial charge in [0.25, 0.3) is 0 Å². The number of esters is 2. The molecule has 0 aliphatic heterocycles. The summed E-state index contributed by atoms with van der Waals surface area (Å²) in [5, 5.41) is 1.46. The number of nitrogens with one attached hydrogen (secondary N) is 1. The molecule has 2 aromatic heterocycles. The number of carbonyl (C=O) groups is 3. The number of ether oxygens (including phenoxy) is 2. The summed E-state index contributed by atoms with van der Waals surface area (Å²) < 4.78 is 11.8. The van der Waals surface area contributed by atoms with E-state index in [-0.39, 0.29) is 12.3 Å². The second kappa shape index (κ2) is 7.87. The molecule has 152 valence electrons. The van der Waals surface area contributed by atoms with E-state index in [1.807, 2.05) is 30.3 Å². The van der Waals surface area contributed by atoms with E-state index in [1.54, 1.807) is 42.1 Å². The second-order valence-corrected chi connectivity index (χ2v) is 6.92. The minimum absolute atomic E-state index is 0.136. The zero-order chi connectivity index (χ0) is 21.3. The predicted molar refractivity (Wildman–Crippen MR) is 111 cm³/mol. The summed E-state index contributed by atoms with van der Waals surface area (Å²) in [7, 11) is 1.31. The number of benzene rings is 2. The Bertz CT molecular complexity index is 1270. The first-order valence-electron chi connectivity index (χ1n) is 9.45. The normalized spacial score (nSPS) is 12.1. The SMILES string of the molecule is COC(=O)c1cn(CC(=O)OC(C)C(=O)c2c[nH]c3ccccc23)c2ccccc12. The van der Waals surface area contributed by atoms with Crippen molar-refractivity contribution in [1.82, 2.24) is 9.55 Å². The van der Waals surface area contributed by atoms with Crippen LogP contribution in [0.5, 0.6) is 0 Å². The van der Waals surface area contributed by atoms with Gasteiger partial charge in [-0.3, -0.25) is 9.59 Å². The molecule has 1 unspecified atom stereocenters. The van der Waals surface area contributed by atoms with Crippen LogP contribution in [0.15, 0.2) is 60.9 Å². The molecular weight excluding hydrogens is 384 g/mol. The summed E-state index contributed by atoms with van der Waals surface area (Å²) in [4.78, 5) is 40.4. The molecule has 0 spiro atoms. The van der Waals surface area contributed by atoms with Crippen molar-refractivity contribution in [3.8, 4) is 0 Å². The number of hydrogen-bond acceptors (Lipinski definition) is 5. The van der Waals surface area contributed by atoms with E-state index in [0.29, 0.717) is 22.0 Å². The summed E-state index contributed by atoms with van der Waals surface area (Å²) in [6, 6.07) is 14.6. The lowest BCUT2D eigenvalue weighted by atomic mass is 10.1. The summed E-state index contributed by atoms with van der Waals surface area (Å²) in [5.74, 6) is -1.34. The van der Waals surface area contributed by atoms with Crippen molar-refractivity contribution < 1.29 is 23.9 Å². The highest BCUT2D eigenvalue weighted by atomic mass is 16.5. The molecular formula is C23H20N2O5. The van der Waals surface area contributed by atoms with Crippen LogP contribution in [0, 0.1) is 0 Å². The number of carbonyl (C=O) groups excluding carboxylic acids is 3. The van der Waals surface area contributed by atoms with E-state index >= 15 is 0 Å². The van der Waals surface area contributed by atoms with Crippen molar-refractivity contribution >= 4 is 39.5 Å². The minimum atomic E-state index is -0.946. The molecule has 0 fully saturated rings. The summed E-state index contributed by atoms with van der Waals surface area (Å²) in [5.41, 5.74) is 2.38. The van der Waals surface area contributed by atoms with Crippen molar-refractivity contribution in [2.75, 3.05) is 7.11 Å². The Morgan fingerprint density at radius 3 is 2.47 bits per heavy atom. The van der Waals surface area contributed by atoms with Gasteiger partial charge in [0.2, 0.25) is 5.78 Å². The van der Waals surface area contributed by atoms with Gasteiger partial charge in [-0.1, -0.05) is 36.4 Å². The molecule has 0 saturated carbocycles. The van der Waals surface area contributed by atoms with E-state index in [9.17, 15) is 14.4 Å². The molecule has 0 radical (unpaired) electrons. The van der Waals surface area contributed by atoms with E-state index in [1.165, 1.54) is 7.11 Å². The fourth-order valence-corrected chi connectivity index (χ4v) is 3.57. The lowest BCUT2D eigenvalue weighted by molar-refractivity contribution is -0.146. The Morgan fingerprint density at radius 1 is 1.00 bits per heavy atom. The van der Waals surface area contributed by atoms with Crippen LogP contribution in [0.3, 0.4) is 0 Å². The van der Waals surface area contributed by atoms with Crippen LogP contribution < -0.4 is 0 Å². The van der Waals surface area contributed by atoms with Gasteiger partial charge in [-0.15, -0.1) is 0 Å². The summed E-state index contributed by atoms with van der Waals surface area (Å²) in [6.07, 6.45) is 2.24. The molecule has 2 aromatic carbocycles. The van der Waals surface area contributed by atoms with E-state index in [0.717, 1.165) is 10.9 Å². The summed E-state index contributed by atoms with van der Waals surface area (Å²) >= 11 is 0. The first-order chi connectivity index (χ1) is 14.5. The van der Waals surface area contributed by atoms with Crippen LogP contribution in [0.4, 0.5) is 0 Å². The standard InChI is InChI=1S/C23H20N2O5/c1-14(22(27)17-11-24-19-9-5-3-7-15(17)19)30-21(26)13-25-12-18(23(28)29-2)16-8-4-6-10-20(16)25/h3-12,14,24H,13H2,1-2H3. The fourth-order valence-electron chi connectivity index (χ4n) is 3.57. The maximum Gasteiger partial charge on any atom is 0.340 e. The summed E-state index contributed by atoms with van der Waals surface area (Å²) in [6.45, 7) is 1.42. The number of ketones is 1. The molecule has 0 aliphatic rings. The third kappa shape index (κ3) is 3.45. The number of nitrogens with zero attached hydrogens (tertiary/aromatic N) is 1. The molecule has 0 bridgehead atoms. The molecule has 4 rings (SSSR count). The monoisotopic (exact) mass is 404 g/mol. The van der Waals surface area contributed by atoms with E-state index in [2.05, 4.69) is 4.98 Å². The number of para-hydroxylation sites is 2. The van der Waals surface area contributed by atoms with Crippen LogP contribution in [-0.2, 0) is 20.8 Å². The number of hydrogen-bond donors (Lipinski definition) is 1. The Kier molecular flexibility index (Phi) is 5.10. The Morgan fingerprint density at radius 2 is 1.70 bits per heavy atom. The zero-order valence-electron chi connectivity index (χ0n) is 16.5. The first-order valence-corrected chi connectivity index (χ1v) is 9.45. The van der Waals surface area contributed by atoms with Crippen LogP contribution in [-0.4, -0.2) is 40.5 Å². The zero-order valence-corrected chi connectivity index (χ0v) is 16.5. The number of aromatic nitrogens is 2. The van der Waals surface area contributed by atoms with Crippen molar-refractivity contribution in [1.29, 1.82) is 0 Å². The van der Waals surface area contributed by atoms with Crippen LogP contribution in [0.2, 0.25) is 0 Å². The second-order valence-electron chi connectivity index (χ2n) is 6.92. The third-order valence-corrected chi connectivity index (χ3v) is 5.03. The highest BCUT2D eigenvalue weighted by molar-refractivity contribution is 6.10. The lowest BCUT2D eigenvalue weighted by Gasteiger charge is -2.13. The molecule has 1 N–H and O–H groups in total. The quantitative estimate of drug-likeness (QED) is 0.391. The van der Waals surface area contributed by atoms with Crippen molar-refractivity contribution in [3.63, 3.8) is 0 Å². The highest BCUT2D eigenvalue weighted by Gasteiger charge is 2.23. The molecule has 7 heteroatoms. The number of Topliss-reactive ketones (excluding diaryl/α,β-unsaturated/α-hetero) is 1. The molecule has 4 aromatic rings. The van der Waals surface area contributed by atoms with Gasteiger partial charge in [0.15, 0.2) is 6.10 Å². The van der Waals surface area contributed by atoms with Gasteiger partial charge in [-0.25, -0.2) is 4.79 Å². The maximum absolute atomic E-state index is 12.8. The van der Waals surface area contributed by atoms with E-state index < -0.39 is 18.0 Å². The Labute approximate surface area is 172 Å². The fraction of sp³-hybridized carbons (Fsp3) is 0.174. The number of aromatic amines is 1. The first kappa shape index (κ1) is 19.4. The van der Waals surface area contributed by atoms with Gasteiger partial charge >= 0.3 is 11.9 Å². The van der Waals surface area contributed by atoms with Crippen LogP contribution in [0.1, 0.15) is 27.6 Å². The highest BCUT2D eigenvalue weighted by Crippen LogP contribution is 2.23. The third-order valence-electron chi connectivity index (χ3n) is 5.03. The number of H-pyrrole nitrogens is 1. The van der Waals surface area contributed by atoms with Gasteiger partial charge < -0.3 is 19.0 Å². The number of methoxy groups -OCH3 is 1. The van der Waals surface area contributed by atoms with Crippen LogP contribution in [0.25, 0.3) is 21.8 Å². The Balaban J connectivity index is 1.52. The maximum atomic E-state index is 12.8. The number of fused-ring (bicyclic) bond motifs is 2. The van der Waals surface area contributed by atoms with Gasteiger partial charge in [-0.05, 0) is 19.1 Å². The molecule has 0 amide bonds. The molecule has 1 atom stereocenters. The molecule has 0 saturated heterocycles. The molecule has 30 heavy (non-hydrogen) atoms. The van der Waals surface area contributed by atoms with Gasteiger partial charge in [0.05, 0.1) is 12.7 Å². The largest absolute Gasteiger partial charge is 0.465 e. The topological polar surface area (TPSA) is 90.4 Å². The minimum Gasteiger partial charge on any atom is -0.465 e. The van der Waals surface area contributed by atoms with Gasteiger partial charge in [0, 0.05) is 39.8 Å². The smallest absolute Gasteiger partial charge is 0.340 e. The van der Waals surface area contributed by atoms with Crippen LogP contribution >= 0.6 is 0 Å². The van der Waals surface area contributed by atoms with Crippen molar-refractivity contribution in [2.24, 2.45) is 0 Å². The average Bonchev–Trinajstić information content (AvgIpc) is 3.34. The average molecular weight is 404 g/mol.